The van der Waals surface area contributed by atoms with Crippen molar-refractivity contribution >= 4 is 44.9 Å². The van der Waals surface area contributed by atoms with Crippen molar-refractivity contribution in [3.05, 3.63) is 52.0 Å². The van der Waals surface area contributed by atoms with E-state index >= 15 is 0 Å². The number of para-hydroxylation sites is 2. The molecule has 0 aromatic heterocycles. The summed E-state index contributed by atoms with van der Waals surface area (Å²) >= 11 is 8.60. The Bertz CT molecular complexity index is 780. The maximum absolute atomic E-state index is 12.5. The van der Waals surface area contributed by atoms with E-state index in [2.05, 4.69) is 26.6 Å². The zero-order valence-electron chi connectivity index (χ0n) is 13.5. The summed E-state index contributed by atoms with van der Waals surface area (Å²) in [5, 5.41) is 5.77. The van der Waals surface area contributed by atoms with E-state index in [-0.39, 0.29) is 11.0 Å². The molecule has 0 saturated heterocycles. The minimum Gasteiger partial charge on any atom is -0.496 e. The van der Waals surface area contributed by atoms with Crippen LogP contribution in [0.5, 0.6) is 11.5 Å². The molecule has 0 spiro atoms. The lowest BCUT2D eigenvalue weighted by Gasteiger charge is -2.15. The van der Waals surface area contributed by atoms with Gasteiger partial charge in [-0.2, -0.15) is 0 Å². The number of rotatable bonds is 4. The van der Waals surface area contributed by atoms with Crippen LogP contribution in [0.2, 0.25) is 0 Å². The summed E-state index contributed by atoms with van der Waals surface area (Å²) in [6.45, 7) is 1.87. The number of ether oxygens (including phenoxy) is 2. The average Bonchev–Trinajstić information content (AvgIpc) is 2.54. The first-order valence-electron chi connectivity index (χ1n) is 7.05. The Hall–Kier alpha value is -2.12. The molecule has 2 N–H and O–H groups in total. The molecule has 0 aliphatic heterocycles. The van der Waals surface area contributed by atoms with Gasteiger partial charge in [0.05, 0.1) is 25.5 Å². The molecule has 0 heterocycles. The molecule has 2 rings (SSSR count). The van der Waals surface area contributed by atoms with Crippen LogP contribution in [0.1, 0.15) is 15.9 Å². The zero-order valence-corrected chi connectivity index (χ0v) is 15.9. The second kappa shape index (κ2) is 8.12. The highest BCUT2D eigenvalue weighted by atomic mass is 79.9. The smallest absolute Gasteiger partial charge is 0.261 e. The first-order chi connectivity index (χ1) is 11.5. The molecule has 0 aliphatic rings. The normalized spacial score (nSPS) is 10.0. The molecule has 2 aromatic rings. The van der Waals surface area contributed by atoms with Crippen LogP contribution in [0.15, 0.2) is 40.9 Å². The Balaban J connectivity index is 2.16. The van der Waals surface area contributed by atoms with Gasteiger partial charge < -0.3 is 14.8 Å². The molecule has 0 unspecified atom stereocenters. The molecule has 126 valence electrons. The molecule has 5 nitrogen and oxygen atoms in total. The highest BCUT2D eigenvalue weighted by Gasteiger charge is 2.17. The van der Waals surface area contributed by atoms with Crippen LogP contribution < -0.4 is 20.1 Å². The zero-order chi connectivity index (χ0) is 17.7. The molecule has 24 heavy (non-hydrogen) atoms. The maximum atomic E-state index is 12.5. The summed E-state index contributed by atoms with van der Waals surface area (Å²) in [6, 6.07) is 10.9. The fraction of sp³-hybridized carbons (Fsp3) is 0.176. The highest BCUT2D eigenvalue weighted by molar-refractivity contribution is 9.10. The minimum absolute atomic E-state index is 0.171. The molecular weight excluding hydrogens is 392 g/mol. The second-order valence-corrected chi connectivity index (χ2v) is 6.24. The molecule has 7 heteroatoms. The van der Waals surface area contributed by atoms with Gasteiger partial charge in [0.2, 0.25) is 0 Å². The number of carbonyl (C=O) groups is 1. The third-order valence-electron chi connectivity index (χ3n) is 3.27. The number of hydrogen-bond acceptors (Lipinski definition) is 4. The summed E-state index contributed by atoms with van der Waals surface area (Å²) in [6.07, 6.45) is 0. The lowest BCUT2D eigenvalue weighted by Crippen LogP contribution is -2.34. The molecule has 0 fully saturated rings. The lowest BCUT2D eigenvalue weighted by molar-refractivity contribution is 0.0974. The van der Waals surface area contributed by atoms with E-state index in [1.54, 1.807) is 25.3 Å². The van der Waals surface area contributed by atoms with Crippen molar-refractivity contribution in [3.8, 4) is 11.5 Å². The fourth-order valence-corrected chi connectivity index (χ4v) is 3.02. The number of nitrogens with one attached hydrogen (secondary N) is 2. The molecule has 0 bridgehead atoms. The number of carbonyl (C=O) groups excluding carboxylic acids is 1. The van der Waals surface area contributed by atoms with Crippen molar-refractivity contribution in [3.63, 3.8) is 0 Å². The number of amides is 1. The second-order valence-electron chi connectivity index (χ2n) is 4.91. The Labute approximate surface area is 154 Å². The van der Waals surface area contributed by atoms with Crippen molar-refractivity contribution in [2.75, 3.05) is 19.5 Å². The summed E-state index contributed by atoms with van der Waals surface area (Å²) in [5.41, 5.74) is 1.91. The molecule has 1 amide bonds. The number of benzene rings is 2. The Morgan fingerprint density at radius 1 is 1.17 bits per heavy atom. The first kappa shape index (κ1) is 18.2. The molecule has 0 saturated carbocycles. The van der Waals surface area contributed by atoms with E-state index in [0.29, 0.717) is 22.7 Å². The standard InChI is InChI=1S/C17H17BrN2O3S/c1-10-8-11(18)9-12(15(10)23-3)16(21)20-17(24)19-13-6-4-5-7-14(13)22-2/h4-9H,1-3H3,(H2,19,20,21,24). The van der Waals surface area contributed by atoms with Crippen LogP contribution in [0.25, 0.3) is 0 Å². The summed E-state index contributed by atoms with van der Waals surface area (Å²) in [7, 11) is 3.09. The monoisotopic (exact) mass is 408 g/mol. The lowest BCUT2D eigenvalue weighted by atomic mass is 10.1. The van der Waals surface area contributed by atoms with Crippen molar-refractivity contribution in [1.29, 1.82) is 0 Å². The van der Waals surface area contributed by atoms with E-state index in [0.717, 1.165) is 10.0 Å². The molecule has 0 atom stereocenters. The number of hydrogen-bond donors (Lipinski definition) is 2. The summed E-state index contributed by atoms with van der Waals surface area (Å²) in [5.74, 6) is 0.782. The van der Waals surface area contributed by atoms with Crippen molar-refractivity contribution < 1.29 is 14.3 Å². The largest absolute Gasteiger partial charge is 0.496 e. The summed E-state index contributed by atoms with van der Waals surface area (Å²) < 4.78 is 11.4. The Morgan fingerprint density at radius 2 is 1.88 bits per heavy atom. The topological polar surface area (TPSA) is 59.6 Å². The number of aryl methyl sites for hydroxylation is 1. The van der Waals surface area contributed by atoms with Gasteiger partial charge in [-0.25, -0.2) is 0 Å². The Morgan fingerprint density at radius 3 is 2.54 bits per heavy atom. The molecular formula is C17H17BrN2O3S. The third kappa shape index (κ3) is 4.24. The molecule has 2 aromatic carbocycles. The number of halogens is 1. The summed E-state index contributed by atoms with van der Waals surface area (Å²) in [4.78, 5) is 12.5. The van der Waals surface area contributed by atoms with Gasteiger partial charge in [-0.15, -0.1) is 0 Å². The quantitative estimate of drug-likeness (QED) is 0.751. The van der Waals surface area contributed by atoms with Gasteiger partial charge in [0, 0.05) is 4.47 Å². The fourth-order valence-electron chi connectivity index (χ4n) is 2.24. The van der Waals surface area contributed by atoms with Crippen molar-refractivity contribution in [2.24, 2.45) is 0 Å². The van der Waals surface area contributed by atoms with Crippen LogP contribution in [0, 0.1) is 6.92 Å². The maximum Gasteiger partial charge on any atom is 0.261 e. The van der Waals surface area contributed by atoms with Crippen molar-refractivity contribution in [1.82, 2.24) is 5.32 Å². The van der Waals surface area contributed by atoms with Crippen LogP contribution in [-0.2, 0) is 0 Å². The van der Waals surface area contributed by atoms with Crippen LogP contribution in [0.3, 0.4) is 0 Å². The Kier molecular flexibility index (Phi) is 6.16. The highest BCUT2D eigenvalue weighted by Crippen LogP contribution is 2.28. The number of anilines is 1. The first-order valence-corrected chi connectivity index (χ1v) is 8.26. The van der Waals surface area contributed by atoms with E-state index < -0.39 is 0 Å². The van der Waals surface area contributed by atoms with Crippen LogP contribution >= 0.6 is 28.1 Å². The minimum atomic E-state index is -0.358. The van der Waals surface area contributed by atoms with E-state index in [1.165, 1.54) is 7.11 Å². The predicted octanol–water partition coefficient (Wildman–Crippen LogP) is 3.90. The molecule has 0 aliphatic carbocycles. The van der Waals surface area contributed by atoms with Gasteiger partial charge in [-0.1, -0.05) is 28.1 Å². The van der Waals surface area contributed by atoms with Gasteiger partial charge in [0.15, 0.2) is 5.11 Å². The van der Waals surface area contributed by atoms with Gasteiger partial charge in [-0.05, 0) is 49.0 Å². The van der Waals surface area contributed by atoms with Crippen LogP contribution in [0.4, 0.5) is 5.69 Å². The molecule has 0 radical (unpaired) electrons. The predicted molar refractivity (Wildman–Crippen MR) is 102 cm³/mol. The van der Waals surface area contributed by atoms with Crippen molar-refractivity contribution in [2.45, 2.75) is 6.92 Å². The van der Waals surface area contributed by atoms with E-state index in [1.807, 2.05) is 25.1 Å². The van der Waals surface area contributed by atoms with E-state index in [4.69, 9.17) is 21.7 Å². The number of methoxy groups -OCH3 is 2. The number of thiocarbonyl (C=S) groups is 1. The van der Waals surface area contributed by atoms with Gasteiger partial charge in [0.1, 0.15) is 11.5 Å². The van der Waals surface area contributed by atoms with Gasteiger partial charge >= 0.3 is 0 Å². The van der Waals surface area contributed by atoms with E-state index in [9.17, 15) is 4.79 Å². The third-order valence-corrected chi connectivity index (χ3v) is 3.93. The van der Waals surface area contributed by atoms with Crippen LogP contribution in [-0.4, -0.2) is 25.2 Å². The van der Waals surface area contributed by atoms with Gasteiger partial charge in [-0.3, -0.25) is 10.1 Å². The average molecular weight is 409 g/mol. The SMILES string of the molecule is COc1ccccc1NC(=S)NC(=O)c1cc(Br)cc(C)c1OC. The van der Waals surface area contributed by atoms with Gasteiger partial charge in [0.25, 0.3) is 5.91 Å².